The van der Waals surface area contributed by atoms with Gasteiger partial charge in [-0.2, -0.15) is 0 Å². The first-order valence-electron chi connectivity index (χ1n) is 5.57. The summed E-state index contributed by atoms with van der Waals surface area (Å²) >= 11 is 6.16. The van der Waals surface area contributed by atoms with E-state index in [2.05, 4.69) is 22.6 Å². The first-order chi connectivity index (χ1) is 7.75. The molecule has 1 aromatic carbocycles. The SMILES string of the molecule is Cc1ccc(CNN2CCOCC2)c(Cl)c1. The van der Waals surface area contributed by atoms with Gasteiger partial charge >= 0.3 is 0 Å². The minimum absolute atomic E-state index is 0.777. The lowest BCUT2D eigenvalue weighted by Crippen LogP contribution is -2.45. The fourth-order valence-electron chi connectivity index (χ4n) is 1.71. The molecule has 1 heterocycles. The van der Waals surface area contributed by atoms with E-state index in [1.165, 1.54) is 5.56 Å². The lowest BCUT2D eigenvalue weighted by molar-refractivity contribution is 0.0106. The minimum atomic E-state index is 0.777. The number of nitrogens with zero attached hydrogens (tertiary/aromatic N) is 1. The van der Waals surface area contributed by atoms with Gasteiger partial charge in [0, 0.05) is 24.7 Å². The van der Waals surface area contributed by atoms with Crippen LogP contribution < -0.4 is 5.43 Å². The van der Waals surface area contributed by atoms with E-state index in [0.717, 1.165) is 43.4 Å². The van der Waals surface area contributed by atoms with Crippen LogP contribution in [0.15, 0.2) is 18.2 Å². The second-order valence-corrected chi connectivity index (χ2v) is 4.44. The molecule has 0 atom stereocenters. The van der Waals surface area contributed by atoms with Gasteiger partial charge in [0.1, 0.15) is 0 Å². The fourth-order valence-corrected chi connectivity index (χ4v) is 2.02. The van der Waals surface area contributed by atoms with Crippen LogP contribution in [0.2, 0.25) is 5.02 Å². The van der Waals surface area contributed by atoms with Crippen molar-refractivity contribution in [1.29, 1.82) is 0 Å². The molecule has 1 aliphatic rings. The van der Waals surface area contributed by atoms with Crippen molar-refractivity contribution in [3.05, 3.63) is 34.3 Å². The number of halogens is 1. The van der Waals surface area contributed by atoms with E-state index < -0.39 is 0 Å². The number of hydrogen-bond donors (Lipinski definition) is 1. The molecule has 0 bridgehead atoms. The van der Waals surface area contributed by atoms with Crippen LogP contribution in [0.4, 0.5) is 0 Å². The predicted octanol–water partition coefficient (Wildman–Crippen LogP) is 1.99. The second-order valence-electron chi connectivity index (χ2n) is 4.03. The Balaban J connectivity index is 1.88. The number of morpholine rings is 1. The summed E-state index contributed by atoms with van der Waals surface area (Å²) in [7, 11) is 0. The van der Waals surface area contributed by atoms with Gasteiger partial charge in [-0.1, -0.05) is 23.7 Å². The van der Waals surface area contributed by atoms with Crippen molar-refractivity contribution in [2.24, 2.45) is 0 Å². The van der Waals surface area contributed by atoms with E-state index >= 15 is 0 Å². The van der Waals surface area contributed by atoms with Crippen molar-refractivity contribution in [1.82, 2.24) is 10.4 Å². The monoisotopic (exact) mass is 240 g/mol. The molecule has 3 nitrogen and oxygen atoms in total. The van der Waals surface area contributed by atoms with Crippen LogP contribution in [0.3, 0.4) is 0 Å². The van der Waals surface area contributed by atoms with Gasteiger partial charge < -0.3 is 4.74 Å². The first-order valence-corrected chi connectivity index (χ1v) is 5.95. The molecule has 0 aliphatic carbocycles. The predicted molar refractivity (Wildman–Crippen MR) is 65.4 cm³/mol. The Hall–Kier alpha value is -0.610. The maximum absolute atomic E-state index is 6.16. The number of ether oxygens (including phenoxy) is 1. The molecule has 0 radical (unpaired) electrons. The number of rotatable bonds is 3. The summed E-state index contributed by atoms with van der Waals surface area (Å²) in [6.07, 6.45) is 0. The van der Waals surface area contributed by atoms with Crippen LogP contribution in [-0.2, 0) is 11.3 Å². The normalized spacial score (nSPS) is 17.6. The van der Waals surface area contributed by atoms with Crippen molar-refractivity contribution in [3.63, 3.8) is 0 Å². The van der Waals surface area contributed by atoms with Gasteiger partial charge in [0.05, 0.1) is 13.2 Å². The summed E-state index contributed by atoms with van der Waals surface area (Å²) in [5.74, 6) is 0. The van der Waals surface area contributed by atoms with E-state index in [1.807, 2.05) is 13.0 Å². The first kappa shape index (κ1) is 11.9. The Kier molecular flexibility index (Phi) is 4.18. The molecule has 0 unspecified atom stereocenters. The van der Waals surface area contributed by atoms with Crippen LogP contribution >= 0.6 is 11.6 Å². The van der Waals surface area contributed by atoms with Gasteiger partial charge in [-0.3, -0.25) is 5.43 Å². The van der Waals surface area contributed by atoms with Crippen LogP contribution in [-0.4, -0.2) is 31.3 Å². The molecule has 1 aromatic rings. The van der Waals surface area contributed by atoms with E-state index in [9.17, 15) is 0 Å². The van der Waals surface area contributed by atoms with Crippen molar-refractivity contribution >= 4 is 11.6 Å². The molecule has 1 aliphatic heterocycles. The van der Waals surface area contributed by atoms with Gasteiger partial charge in [-0.25, -0.2) is 5.01 Å². The quantitative estimate of drug-likeness (QED) is 0.875. The van der Waals surface area contributed by atoms with Gasteiger partial charge in [-0.05, 0) is 24.1 Å². The van der Waals surface area contributed by atoms with Gasteiger partial charge in [0.25, 0.3) is 0 Å². The molecule has 1 saturated heterocycles. The molecule has 4 heteroatoms. The van der Waals surface area contributed by atoms with Crippen LogP contribution in [0.1, 0.15) is 11.1 Å². The largest absolute Gasteiger partial charge is 0.379 e. The Morgan fingerprint density at radius 2 is 2.12 bits per heavy atom. The van der Waals surface area contributed by atoms with Crippen molar-refractivity contribution in [2.45, 2.75) is 13.5 Å². The highest BCUT2D eigenvalue weighted by Gasteiger charge is 2.09. The molecule has 0 saturated carbocycles. The van der Waals surface area contributed by atoms with E-state index in [1.54, 1.807) is 0 Å². The van der Waals surface area contributed by atoms with Crippen molar-refractivity contribution in [3.8, 4) is 0 Å². The molecule has 0 spiro atoms. The molecule has 1 N–H and O–H groups in total. The van der Waals surface area contributed by atoms with E-state index in [0.29, 0.717) is 0 Å². The average molecular weight is 241 g/mol. The fraction of sp³-hybridized carbons (Fsp3) is 0.500. The van der Waals surface area contributed by atoms with E-state index in [4.69, 9.17) is 16.3 Å². The third-order valence-corrected chi connectivity index (χ3v) is 3.06. The maximum atomic E-state index is 6.16. The Bertz CT molecular complexity index is 351. The lowest BCUT2D eigenvalue weighted by Gasteiger charge is -2.27. The molecule has 0 amide bonds. The Morgan fingerprint density at radius 3 is 2.81 bits per heavy atom. The second kappa shape index (κ2) is 5.64. The molecule has 16 heavy (non-hydrogen) atoms. The molecular formula is C12H17ClN2O. The molecule has 88 valence electrons. The topological polar surface area (TPSA) is 24.5 Å². The van der Waals surface area contributed by atoms with Crippen LogP contribution in [0.25, 0.3) is 0 Å². The number of aryl methyl sites for hydroxylation is 1. The standard InChI is InChI=1S/C12H17ClN2O/c1-10-2-3-11(12(13)8-10)9-14-15-4-6-16-7-5-15/h2-3,8,14H,4-7,9H2,1H3. The van der Waals surface area contributed by atoms with Crippen molar-refractivity contribution in [2.75, 3.05) is 26.3 Å². The van der Waals surface area contributed by atoms with Gasteiger partial charge in [0.2, 0.25) is 0 Å². The molecule has 0 aromatic heterocycles. The number of benzene rings is 1. The average Bonchev–Trinajstić information content (AvgIpc) is 2.29. The summed E-state index contributed by atoms with van der Waals surface area (Å²) in [5.41, 5.74) is 5.70. The zero-order chi connectivity index (χ0) is 11.4. The van der Waals surface area contributed by atoms with E-state index in [-0.39, 0.29) is 0 Å². The van der Waals surface area contributed by atoms with Gasteiger partial charge in [-0.15, -0.1) is 0 Å². The zero-order valence-corrected chi connectivity index (χ0v) is 10.3. The van der Waals surface area contributed by atoms with Crippen molar-refractivity contribution < 1.29 is 4.74 Å². The minimum Gasteiger partial charge on any atom is -0.379 e. The van der Waals surface area contributed by atoms with Crippen LogP contribution in [0, 0.1) is 6.92 Å². The highest BCUT2D eigenvalue weighted by Crippen LogP contribution is 2.17. The highest BCUT2D eigenvalue weighted by molar-refractivity contribution is 6.31. The zero-order valence-electron chi connectivity index (χ0n) is 9.50. The number of hydrogen-bond acceptors (Lipinski definition) is 3. The summed E-state index contributed by atoms with van der Waals surface area (Å²) in [5, 5.41) is 3.01. The Morgan fingerprint density at radius 1 is 1.38 bits per heavy atom. The smallest absolute Gasteiger partial charge is 0.0608 e. The lowest BCUT2D eigenvalue weighted by atomic mass is 10.1. The number of hydrazine groups is 1. The highest BCUT2D eigenvalue weighted by atomic mass is 35.5. The molecule has 2 rings (SSSR count). The summed E-state index contributed by atoms with van der Waals surface area (Å²) < 4.78 is 5.28. The summed E-state index contributed by atoms with van der Waals surface area (Å²) in [6, 6.07) is 6.16. The third-order valence-electron chi connectivity index (χ3n) is 2.71. The van der Waals surface area contributed by atoms with Gasteiger partial charge in [0.15, 0.2) is 0 Å². The maximum Gasteiger partial charge on any atom is 0.0608 e. The third kappa shape index (κ3) is 3.19. The molecular weight excluding hydrogens is 224 g/mol. The Labute approximate surface area is 101 Å². The number of nitrogens with one attached hydrogen (secondary N) is 1. The summed E-state index contributed by atoms with van der Waals surface area (Å²) in [6.45, 7) is 6.29. The summed E-state index contributed by atoms with van der Waals surface area (Å²) in [4.78, 5) is 0. The van der Waals surface area contributed by atoms with Crippen LogP contribution in [0.5, 0.6) is 0 Å². The molecule has 1 fully saturated rings.